The third-order valence-corrected chi connectivity index (χ3v) is 6.64. The minimum Gasteiger partial charge on any atom is -0.495 e. The first-order chi connectivity index (χ1) is 17.2. The number of benzene rings is 2. The van der Waals surface area contributed by atoms with Gasteiger partial charge < -0.3 is 19.5 Å². The molecule has 2 aromatic heterocycles. The molecule has 188 valence electrons. The van der Waals surface area contributed by atoms with E-state index in [0.717, 1.165) is 18.7 Å². The van der Waals surface area contributed by atoms with Crippen LogP contribution in [-0.4, -0.2) is 72.1 Å². The molecule has 0 aliphatic rings. The van der Waals surface area contributed by atoms with Crippen LogP contribution in [0.15, 0.2) is 36.8 Å². The van der Waals surface area contributed by atoms with E-state index in [-0.39, 0.29) is 5.91 Å². The molecule has 2 heterocycles. The van der Waals surface area contributed by atoms with Crippen molar-refractivity contribution in [3.05, 3.63) is 58.0 Å². The quantitative estimate of drug-likeness (QED) is 0.336. The Bertz CT molecular complexity index is 1410. The second-order valence-corrected chi connectivity index (χ2v) is 9.36. The number of anilines is 2. The summed E-state index contributed by atoms with van der Waals surface area (Å²) in [5, 5.41) is 3.58. The van der Waals surface area contributed by atoms with Crippen molar-refractivity contribution in [2.75, 3.05) is 51.6 Å². The van der Waals surface area contributed by atoms with Crippen LogP contribution in [-0.2, 0) is 0 Å². The highest BCUT2D eigenvalue weighted by molar-refractivity contribution is 6.41. The number of imidazole rings is 1. The number of likely N-dealkylation sites (N-methyl/N-ethyl adjacent to an activating group) is 2. The molecule has 0 fully saturated rings. The zero-order chi connectivity index (χ0) is 26.0. The number of nitrogens with one attached hydrogen (secondary N) is 2. The fourth-order valence-corrected chi connectivity index (χ4v) is 4.38. The number of aryl methyl sites for hydroxylation is 1. The van der Waals surface area contributed by atoms with Crippen molar-refractivity contribution < 1.29 is 9.53 Å². The smallest absolute Gasteiger partial charge is 0.260 e. The fourth-order valence-electron chi connectivity index (χ4n) is 3.76. The van der Waals surface area contributed by atoms with Crippen molar-refractivity contribution in [3.8, 4) is 16.9 Å². The van der Waals surface area contributed by atoms with Gasteiger partial charge in [-0.05, 0) is 38.7 Å². The van der Waals surface area contributed by atoms with E-state index in [2.05, 4.69) is 25.2 Å². The molecule has 0 bridgehead atoms. The molecule has 36 heavy (non-hydrogen) atoms. The topological polar surface area (TPSA) is 99.3 Å². The van der Waals surface area contributed by atoms with Crippen molar-refractivity contribution >= 4 is 51.9 Å². The highest BCUT2D eigenvalue weighted by Crippen LogP contribution is 2.44. The van der Waals surface area contributed by atoms with Crippen LogP contribution in [0.1, 0.15) is 15.9 Å². The maximum atomic E-state index is 13.1. The number of aromatic amines is 1. The van der Waals surface area contributed by atoms with E-state index >= 15 is 0 Å². The highest BCUT2D eigenvalue weighted by Gasteiger charge is 2.23. The zero-order valence-electron chi connectivity index (χ0n) is 20.7. The van der Waals surface area contributed by atoms with Gasteiger partial charge in [0.05, 0.1) is 34.4 Å². The number of fused-ring (bicyclic) bond motifs is 1. The lowest BCUT2D eigenvalue weighted by atomic mass is 9.98. The summed E-state index contributed by atoms with van der Waals surface area (Å²) in [7, 11) is 7.52. The van der Waals surface area contributed by atoms with Gasteiger partial charge in [-0.15, -0.1) is 0 Å². The Morgan fingerprint density at radius 3 is 2.56 bits per heavy atom. The lowest BCUT2D eigenvalue weighted by molar-refractivity contribution is 0.102. The van der Waals surface area contributed by atoms with E-state index in [9.17, 15) is 4.79 Å². The van der Waals surface area contributed by atoms with E-state index in [1.165, 1.54) is 0 Å². The molecule has 4 aromatic rings. The standard InChI is InChI=1S/C25H27Cl2N7O2/c1-14-12-17(36-5)21(27)19(20(14)26)15-6-7-16(24(35)32-25-28-8-9-29-25)22-23(15)31-18(13-30-22)34(4)11-10-33(2)3/h6-9,12-13H,10-11H2,1-5H3,(H2,28,29,32,35). The molecule has 0 spiro atoms. The summed E-state index contributed by atoms with van der Waals surface area (Å²) in [6.07, 6.45) is 4.84. The van der Waals surface area contributed by atoms with E-state index < -0.39 is 0 Å². The molecule has 4 rings (SSSR count). The minimum absolute atomic E-state index is 0.333. The third kappa shape index (κ3) is 5.09. The Balaban J connectivity index is 1.92. The number of H-pyrrole nitrogens is 1. The van der Waals surface area contributed by atoms with Crippen LogP contribution in [0.2, 0.25) is 10.0 Å². The van der Waals surface area contributed by atoms with Crippen LogP contribution < -0.4 is 15.0 Å². The first-order valence-electron chi connectivity index (χ1n) is 11.2. The van der Waals surface area contributed by atoms with Gasteiger partial charge in [-0.2, -0.15) is 0 Å². The largest absolute Gasteiger partial charge is 0.495 e. The van der Waals surface area contributed by atoms with E-state index in [4.69, 9.17) is 32.9 Å². The lowest BCUT2D eigenvalue weighted by Crippen LogP contribution is -2.29. The predicted octanol–water partition coefficient (Wildman–Crippen LogP) is 4.89. The SMILES string of the molecule is COc1cc(C)c(Cl)c(-c2ccc(C(=O)Nc3ncc[nH]3)c3ncc(N(C)CCN(C)C)nc23)c1Cl. The average Bonchev–Trinajstić information content (AvgIpc) is 3.37. The number of rotatable bonds is 8. The zero-order valence-corrected chi connectivity index (χ0v) is 22.2. The number of carbonyl (C=O) groups excluding carboxylic acids is 1. The van der Waals surface area contributed by atoms with E-state index in [1.54, 1.807) is 43.9 Å². The van der Waals surface area contributed by atoms with Crippen LogP contribution in [0.5, 0.6) is 5.75 Å². The highest BCUT2D eigenvalue weighted by atomic mass is 35.5. The molecule has 9 nitrogen and oxygen atoms in total. The molecule has 1 amide bonds. The Morgan fingerprint density at radius 1 is 1.11 bits per heavy atom. The average molecular weight is 528 g/mol. The van der Waals surface area contributed by atoms with Crippen LogP contribution in [0, 0.1) is 6.92 Å². The predicted molar refractivity (Wildman–Crippen MR) is 145 cm³/mol. The van der Waals surface area contributed by atoms with Gasteiger partial charge in [0.15, 0.2) is 0 Å². The van der Waals surface area contributed by atoms with E-state index in [1.807, 2.05) is 33.0 Å². The second-order valence-electron chi connectivity index (χ2n) is 8.60. The first-order valence-corrected chi connectivity index (χ1v) is 12.0. The molecule has 0 unspecified atom stereocenters. The van der Waals surface area contributed by atoms with Gasteiger partial charge in [0, 0.05) is 43.7 Å². The van der Waals surface area contributed by atoms with Gasteiger partial charge in [-0.25, -0.2) is 15.0 Å². The number of ether oxygens (including phenoxy) is 1. The Labute approximate surface area is 219 Å². The molecule has 0 saturated heterocycles. The number of hydrogen-bond acceptors (Lipinski definition) is 7. The van der Waals surface area contributed by atoms with Gasteiger partial charge in [-0.1, -0.05) is 29.3 Å². The normalized spacial score (nSPS) is 11.2. The van der Waals surface area contributed by atoms with Gasteiger partial charge >= 0.3 is 0 Å². The lowest BCUT2D eigenvalue weighted by Gasteiger charge is -2.21. The third-order valence-electron chi connectivity index (χ3n) is 5.77. The summed E-state index contributed by atoms with van der Waals surface area (Å²) in [5.41, 5.74) is 3.26. The van der Waals surface area contributed by atoms with Gasteiger partial charge in [0.2, 0.25) is 5.95 Å². The van der Waals surface area contributed by atoms with Crippen molar-refractivity contribution in [2.45, 2.75) is 6.92 Å². The number of carbonyl (C=O) groups is 1. The fraction of sp³-hybridized carbons (Fsp3) is 0.280. The van der Waals surface area contributed by atoms with Crippen LogP contribution in [0.3, 0.4) is 0 Å². The summed E-state index contributed by atoms with van der Waals surface area (Å²) in [6.45, 7) is 3.45. The Morgan fingerprint density at radius 2 is 1.89 bits per heavy atom. The maximum absolute atomic E-state index is 13.1. The number of methoxy groups -OCH3 is 1. The van der Waals surface area contributed by atoms with Gasteiger partial charge in [0.1, 0.15) is 17.1 Å². The Hall–Kier alpha value is -3.40. The van der Waals surface area contributed by atoms with Crippen LogP contribution in [0.4, 0.5) is 11.8 Å². The maximum Gasteiger partial charge on any atom is 0.260 e. The number of nitrogens with zero attached hydrogens (tertiary/aromatic N) is 5. The molecule has 0 aliphatic heterocycles. The number of amides is 1. The number of aromatic nitrogens is 4. The molecule has 0 saturated carbocycles. The molecule has 0 aliphatic carbocycles. The molecule has 11 heteroatoms. The van der Waals surface area contributed by atoms with Crippen LogP contribution in [0.25, 0.3) is 22.2 Å². The van der Waals surface area contributed by atoms with Gasteiger partial charge in [-0.3, -0.25) is 10.1 Å². The van der Waals surface area contributed by atoms with Crippen LogP contribution >= 0.6 is 23.2 Å². The molecular formula is C25H27Cl2N7O2. The van der Waals surface area contributed by atoms with E-state index in [0.29, 0.717) is 55.3 Å². The van der Waals surface area contributed by atoms with Crippen molar-refractivity contribution in [1.29, 1.82) is 0 Å². The monoisotopic (exact) mass is 527 g/mol. The Kier molecular flexibility index (Phi) is 7.63. The molecule has 2 aromatic carbocycles. The molecule has 0 radical (unpaired) electrons. The second kappa shape index (κ2) is 10.7. The number of halogens is 2. The molecule has 2 N–H and O–H groups in total. The summed E-state index contributed by atoms with van der Waals surface area (Å²) < 4.78 is 5.48. The summed E-state index contributed by atoms with van der Waals surface area (Å²) in [5.74, 6) is 1.11. The first kappa shape index (κ1) is 25.7. The summed E-state index contributed by atoms with van der Waals surface area (Å²) in [4.78, 5) is 33.7. The van der Waals surface area contributed by atoms with Crippen molar-refractivity contribution in [2.24, 2.45) is 0 Å². The van der Waals surface area contributed by atoms with Crippen molar-refractivity contribution in [3.63, 3.8) is 0 Å². The summed E-state index contributed by atoms with van der Waals surface area (Å²) >= 11 is 13.5. The molecule has 0 atom stereocenters. The summed E-state index contributed by atoms with van der Waals surface area (Å²) in [6, 6.07) is 5.25. The minimum atomic E-state index is -0.372. The number of hydrogen-bond donors (Lipinski definition) is 2. The van der Waals surface area contributed by atoms with Gasteiger partial charge in [0.25, 0.3) is 5.91 Å². The molecular weight excluding hydrogens is 501 g/mol. The van der Waals surface area contributed by atoms with Crippen molar-refractivity contribution in [1.82, 2.24) is 24.8 Å².